The Bertz CT molecular complexity index is 880. The van der Waals surface area contributed by atoms with Crippen LogP contribution < -0.4 is 5.32 Å². The van der Waals surface area contributed by atoms with Crippen molar-refractivity contribution >= 4 is 17.0 Å². The van der Waals surface area contributed by atoms with Crippen molar-refractivity contribution < 1.29 is 9.32 Å². The minimum absolute atomic E-state index is 0.138. The number of nitrogens with one attached hydrogen (secondary N) is 1. The first kappa shape index (κ1) is 16.2. The van der Waals surface area contributed by atoms with Crippen LogP contribution in [0.5, 0.6) is 0 Å². The minimum atomic E-state index is -0.138. The van der Waals surface area contributed by atoms with Crippen LogP contribution in [0.2, 0.25) is 0 Å². The molecule has 1 N–H and O–H groups in total. The van der Waals surface area contributed by atoms with Crippen LogP contribution in [-0.2, 0) is 6.54 Å². The monoisotopic (exact) mass is 327 g/mol. The zero-order valence-electron chi connectivity index (χ0n) is 14.3. The first-order valence-electron chi connectivity index (χ1n) is 7.96. The first-order valence-corrected chi connectivity index (χ1v) is 7.96. The summed E-state index contributed by atoms with van der Waals surface area (Å²) in [6.07, 6.45) is 1.78. The number of carbonyl (C=O) groups is 1. The fourth-order valence-corrected chi connectivity index (χ4v) is 2.71. The molecule has 0 aliphatic carbocycles. The number of carbonyl (C=O) groups excluding carboxylic acids is 1. The van der Waals surface area contributed by atoms with Gasteiger partial charge in [-0.05, 0) is 38.8 Å². The van der Waals surface area contributed by atoms with Gasteiger partial charge < -0.3 is 9.84 Å². The van der Waals surface area contributed by atoms with Gasteiger partial charge in [-0.2, -0.15) is 5.10 Å². The highest BCUT2D eigenvalue weighted by molar-refractivity contribution is 6.06. The average Bonchev–Trinajstić information content (AvgIpc) is 3.11. The van der Waals surface area contributed by atoms with Crippen molar-refractivity contribution in [3.05, 3.63) is 41.0 Å². The molecule has 0 radical (unpaired) electrons. The number of rotatable bonds is 5. The van der Waals surface area contributed by atoms with Gasteiger partial charge in [0, 0.05) is 30.7 Å². The molecule has 0 unspecified atom stereocenters. The molecule has 1 amide bonds. The quantitative estimate of drug-likeness (QED) is 0.778. The van der Waals surface area contributed by atoms with Gasteiger partial charge in [-0.15, -0.1) is 0 Å². The molecule has 3 aromatic heterocycles. The Labute approximate surface area is 140 Å². The van der Waals surface area contributed by atoms with Gasteiger partial charge in [0.15, 0.2) is 0 Å². The second-order valence-electron chi connectivity index (χ2n) is 6.23. The van der Waals surface area contributed by atoms with Crippen molar-refractivity contribution in [2.45, 2.75) is 34.2 Å². The van der Waals surface area contributed by atoms with Crippen molar-refractivity contribution in [2.75, 3.05) is 6.54 Å². The predicted molar refractivity (Wildman–Crippen MR) is 89.7 cm³/mol. The molecule has 126 valence electrons. The van der Waals surface area contributed by atoms with E-state index in [9.17, 15) is 4.79 Å². The number of pyridine rings is 1. The lowest BCUT2D eigenvalue weighted by molar-refractivity contribution is 0.0948. The second-order valence-corrected chi connectivity index (χ2v) is 6.23. The van der Waals surface area contributed by atoms with Gasteiger partial charge in [-0.1, -0.05) is 12.1 Å². The number of fused-ring (bicyclic) bond motifs is 1. The molecule has 7 nitrogen and oxygen atoms in total. The molecule has 0 saturated carbocycles. The van der Waals surface area contributed by atoms with Gasteiger partial charge in [0.1, 0.15) is 0 Å². The van der Waals surface area contributed by atoms with E-state index in [1.165, 1.54) is 0 Å². The molecule has 7 heteroatoms. The zero-order valence-corrected chi connectivity index (χ0v) is 14.3. The fourth-order valence-electron chi connectivity index (χ4n) is 2.71. The molecule has 3 aromatic rings. The summed E-state index contributed by atoms with van der Waals surface area (Å²) < 4.78 is 7.12. The molecule has 0 aliphatic rings. The molecule has 0 aliphatic heterocycles. The fraction of sp³-hybridized carbons (Fsp3) is 0.412. The summed E-state index contributed by atoms with van der Waals surface area (Å²) in [6, 6.07) is 3.74. The van der Waals surface area contributed by atoms with Crippen molar-refractivity contribution in [2.24, 2.45) is 5.92 Å². The summed E-state index contributed by atoms with van der Waals surface area (Å²) in [5.74, 6) is 0.121. The third-order valence-corrected chi connectivity index (χ3v) is 4.01. The largest absolute Gasteiger partial charge is 0.352 e. The van der Waals surface area contributed by atoms with Crippen LogP contribution in [0.25, 0.3) is 11.1 Å². The zero-order chi connectivity index (χ0) is 17.3. The van der Waals surface area contributed by atoms with E-state index < -0.39 is 0 Å². The number of aromatic nitrogens is 4. The van der Waals surface area contributed by atoms with E-state index in [4.69, 9.17) is 4.52 Å². The summed E-state index contributed by atoms with van der Waals surface area (Å²) in [7, 11) is 0. The van der Waals surface area contributed by atoms with Crippen molar-refractivity contribution in [3.8, 4) is 0 Å². The Hall–Kier alpha value is -2.70. The van der Waals surface area contributed by atoms with Crippen LogP contribution in [0.15, 0.2) is 22.9 Å². The van der Waals surface area contributed by atoms with Gasteiger partial charge in [-0.3, -0.25) is 9.48 Å². The summed E-state index contributed by atoms with van der Waals surface area (Å²) in [5.41, 5.74) is 3.46. The van der Waals surface area contributed by atoms with Crippen molar-refractivity contribution in [1.29, 1.82) is 0 Å². The number of aryl methyl sites for hydroxylation is 3. The standard InChI is InChI=1S/C17H21N5O2/c1-10(9-22-12(3)5-6-19-22)8-18-16(23)14-7-11(2)20-17-15(14)13(4)21-24-17/h5-7,10H,8-9H2,1-4H3,(H,18,23)/t10-/m0/s1. The van der Waals surface area contributed by atoms with E-state index in [-0.39, 0.29) is 11.8 Å². The predicted octanol–water partition coefficient (Wildman–Crippen LogP) is 2.41. The molecule has 1 atom stereocenters. The highest BCUT2D eigenvalue weighted by Gasteiger charge is 2.18. The van der Waals surface area contributed by atoms with Crippen LogP contribution >= 0.6 is 0 Å². The number of hydrogen-bond donors (Lipinski definition) is 1. The highest BCUT2D eigenvalue weighted by atomic mass is 16.5. The summed E-state index contributed by atoms with van der Waals surface area (Å²) >= 11 is 0. The van der Waals surface area contributed by atoms with Gasteiger partial charge in [0.05, 0.1) is 16.6 Å². The molecule has 3 rings (SSSR count). The summed E-state index contributed by atoms with van der Waals surface area (Å²) in [6.45, 7) is 9.06. The van der Waals surface area contributed by atoms with Gasteiger partial charge >= 0.3 is 0 Å². The SMILES string of the molecule is Cc1cc(C(=O)NC[C@H](C)Cn2nccc2C)c2c(C)noc2n1. The topological polar surface area (TPSA) is 85.8 Å². The maximum absolute atomic E-state index is 12.6. The molecule has 0 saturated heterocycles. The van der Waals surface area contributed by atoms with Crippen LogP contribution in [0, 0.1) is 26.7 Å². The highest BCUT2D eigenvalue weighted by Crippen LogP contribution is 2.21. The molecule has 0 aromatic carbocycles. The molecule has 3 heterocycles. The molecule has 24 heavy (non-hydrogen) atoms. The van der Waals surface area contributed by atoms with Crippen LogP contribution in [0.1, 0.15) is 34.4 Å². The van der Waals surface area contributed by atoms with E-state index in [1.807, 2.05) is 31.5 Å². The third kappa shape index (κ3) is 3.15. The van der Waals surface area contributed by atoms with Crippen LogP contribution in [0.4, 0.5) is 0 Å². The number of nitrogens with zero attached hydrogens (tertiary/aromatic N) is 4. The maximum atomic E-state index is 12.6. The molecule has 0 spiro atoms. The van der Waals surface area contributed by atoms with Gasteiger partial charge in [0.25, 0.3) is 11.6 Å². The van der Waals surface area contributed by atoms with Crippen LogP contribution in [0.3, 0.4) is 0 Å². The maximum Gasteiger partial charge on any atom is 0.258 e. The summed E-state index contributed by atoms with van der Waals surface area (Å²) in [5, 5.41) is 11.8. The van der Waals surface area contributed by atoms with E-state index >= 15 is 0 Å². The lowest BCUT2D eigenvalue weighted by Gasteiger charge is -2.14. The van der Waals surface area contributed by atoms with E-state index in [2.05, 4.69) is 27.5 Å². The molecular weight excluding hydrogens is 306 g/mol. The molecular formula is C17H21N5O2. The Morgan fingerprint density at radius 1 is 1.38 bits per heavy atom. The van der Waals surface area contributed by atoms with E-state index in [0.29, 0.717) is 28.9 Å². The summed E-state index contributed by atoms with van der Waals surface area (Å²) in [4.78, 5) is 16.9. The third-order valence-electron chi connectivity index (χ3n) is 4.01. The molecule has 0 bridgehead atoms. The Balaban J connectivity index is 1.71. The molecule has 0 fully saturated rings. The number of hydrogen-bond acceptors (Lipinski definition) is 5. The second kappa shape index (κ2) is 6.43. The van der Waals surface area contributed by atoms with Crippen molar-refractivity contribution in [3.63, 3.8) is 0 Å². The Morgan fingerprint density at radius 2 is 2.17 bits per heavy atom. The Kier molecular flexibility index (Phi) is 4.33. The van der Waals surface area contributed by atoms with Crippen LogP contribution in [-0.4, -0.2) is 32.4 Å². The lowest BCUT2D eigenvalue weighted by Crippen LogP contribution is -2.30. The van der Waals surface area contributed by atoms with Crippen molar-refractivity contribution in [1.82, 2.24) is 25.2 Å². The lowest BCUT2D eigenvalue weighted by atomic mass is 10.1. The smallest absolute Gasteiger partial charge is 0.258 e. The van der Waals surface area contributed by atoms with Gasteiger partial charge in [0.2, 0.25) is 0 Å². The average molecular weight is 327 g/mol. The van der Waals surface area contributed by atoms with Gasteiger partial charge in [-0.25, -0.2) is 4.98 Å². The number of amides is 1. The van der Waals surface area contributed by atoms with E-state index in [0.717, 1.165) is 17.9 Å². The minimum Gasteiger partial charge on any atom is -0.352 e. The first-order chi connectivity index (χ1) is 11.5. The normalized spacial score (nSPS) is 12.5. The Morgan fingerprint density at radius 3 is 2.88 bits per heavy atom. The van der Waals surface area contributed by atoms with E-state index in [1.54, 1.807) is 12.3 Å².